The van der Waals surface area contributed by atoms with Gasteiger partial charge in [-0.25, -0.2) is 0 Å². The van der Waals surface area contributed by atoms with Crippen LogP contribution in [-0.4, -0.2) is 29.1 Å². The second-order valence-electron chi connectivity index (χ2n) is 16.9. The zero-order valence-corrected chi connectivity index (χ0v) is 27.5. The van der Waals surface area contributed by atoms with Gasteiger partial charge in [-0.15, -0.1) is 0 Å². The predicted octanol–water partition coefficient (Wildman–Crippen LogP) is 9.47. The molecule has 0 unspecified atom stereocenters. The molecular formula is C29H57Si3-. The molecule has 0 amide bonds. The van der Waals surface area contributed by atoms with Crippen LogP contribution in [0, 0.1) is 23.2 Å². The molecular weight excluding hydrogens is 433 g/mol. The van der Waals surface area contributed by atoms with Crippen LogP contribution < -0.4 is 0 Å². The first kappa shape index (κ1) is 27.1. The summed E-state index contributed by atoms with van der Waals surface area (Å²) in [5.74, 6) is 3.12. The maximum absolute atomic E-state index is 2.86. The quantitative estimate of drug-likeness (QED) is 0.346. The summed E-state index contributed by atoms with van der Waals surface area (Å²) in [5.41, 5.74) is 0.583. The summed E-state index contributed by atoms with van der Waals surface area (Å²) in [6.07, 6.45) is 9.34. The van der Waals surface area contributed by atoms with Crippen LogP contribution in [0.3, 0.4) is 0 Å². The second-order valence-corrected chi connectivity index (χ2v) is 32.9. The lowest BCUT2D eigenvalue weighted by Crippen LogP contribution is -2.68. The van der Waals surface area contributed by atoms with Crippen LogP contribution in [0.1, 0.15) is 122 Å². The van der Waals surface area contributed by atoms with Crippen LogP contribution >= 0.6 is 0 Å². The summed E-state index contributed by atoms with van der Waals surface area (Å²) >= 11 is 0. The van der Waals surface area contributed by atoms with E-state index in [-0.39, 0.29) is 0 Å². The Balaban J connectivity index is 2.37. The molecule has 0 saturated heterocycles. The van der Waals surface area contributed by atoms with E-state index in [0.29, 0.717) is 25.6 Å². The van der Waals surface area contributed by atoms with Crippen molar-refractivity contribution in [1.82, 2.24) is 0 Å². The minimum Gasteiger partial charge on any atom is -0.447 e. The van der Waals surface area contributed by atoms with Crippen molar-refractivity contribution < 1.29 is 0 Å². The van der Waals surface area contributed by atoms with Crippen molar-refractivity contribution in [1.29, 1.82) is 0 Å². The molecule has 0 radical (unpaired) electrons. The fourth-order valence-corrected chi connectivity index (χ4v) is 30.3. The van der Waals surface area contributed by atoms with E-state index in [0.717, 1.165) is 26.4 Å². The number of hydrogen-bond donors (Lipinski definition) is 0. The normalized spacial score (nSPS) is 32.6. The summed E-state index contributed by atoms with van der Waals surface area (Å²) in [4.78, 5) is 2.21. The van der Waals surface area contributed by atoms with Gasteiger partial charge in [0, 0.05) is 8.07 Å². The Morgan fingerprint density at radius 1 is 0.594 bits per heavy atom. The first-order chi connectivity index (χ1) is 14.1. The largest absolute Gasteiger partial charge is 0.447 e. The number of rotatable bonds is 3. The third kappa shape index (κ3) is 4.10. The first-order valence-corrected chi connectivity index (χ1v) is 20.7. The van der Waals surface area contributed by atoms with Crippen molar-refractivity contribution in [2.75, 3.05) is 0 Å². The highest BCUT2D eigenvalue weighted by molar-refractivity contribution is 7.37. The summed E-state index contributed by atoms with van der Waals surface area (Å²) in [6, 6.07) is 0. The van der Waals surface area contributed by atoms with Crippen molar-refractivity contribution in [3.8, 4) is 0 Å². The van der Waals surface area contributed by atoms with Gasteiger partial charge in [-0.2, -0.15) is 0 Å². The molecule has 0 aromatic heterocycles. The Morgan fingerprint density at radius 2 is 0.906 bits per heavy atom. The van der Waals surface area contributed by atoms with Gasteiger partial charge in [0.25, 0.3) is 0 Å². The van der Waals surface area contributed by atoms with Gasteiger partial charge >= 0.3 is 0 Å². The Bertz CT molecular complexity index is 682. The van der Waals surface area contributed by atoms with Gasteiger partial charge in [0.1, 0.15) is 0 Å². The van der Waals surface area contributed by atoms with Gasteiger partial charge in [-0.3, -0.25) is 4.79 Å². The van der Waals surface area contributed by atoms with Gasteiger partial charge in [0.2, 0.25) is 0 Å². The van der Waals surface area contributed by atoms with Gasteiger partial charge in [0.15, 0.2) is 0 Å². The van der Waals surface area contributed by atoms with E-state index in [4.69, 9.17) is 0 Å². The van der Waals surface area contributed by atoms with Gasteiger partial charge < -0.3 is 8.65 Å². The van der Waals surface area contributed by atoms with E-state index in [1.165, 1.54) is 0 Å². The lowest BCUT2D eigenvalue weighted by atomic mass is 9.50. The molecule has 0 aliphatic heterocycles. The fraction of sp³-hybridized carbons (Fsp3) is 0.966. The molecule has 4 saturated carbocycles. The molecule has 4 bridgehead atoms. The maximum atomic E-state index is 2.86. The second kappa shape index (κ2) is 7.76. The topological polar surface area (TPSA) is 0 Å². The minimum absolute atomic E-state index is 0.405. The molecule has 186 valence electrons. The molecule has 4 aliphatic rings. The Hall–Kier alpha value is 0.521. The van der Waals surface area contributed by atoms with Crippen molar-refractivity contribution in [2.24, 2.45) is 23.2 Å². The summed E-state index contributed by atoms with van der Waals surface area (Å²) in [7, 11) is -2.25. The van der Waals surface area contributed by atoms with E-state index in [1.807, 2.05) is 0 Å². The molecule has 4 aliphatic carbocycles. The van der Waals surface area contributed by atoms with Gasteiger partial charge in [0.05, 0.1) is 0 Å². The SMILES string of the molecule is CC(C)(C)[Si](C)([Si-]=C(C12CC3CC(CC(C3)C1)C2)[Si](C)(C(C)(C)C)C(C)(C)C)C(C)(C)C. The molecule has 32 heavy (non-hydrogen) atoms. The lowest BCUT2D eigenvalue weighted by Gasteiger charge is -2.70. The highest BCUT2D eigenvalue weighted by Crippen LogP contribution is 2.65. The molecule has 0 heterocycles. The molecule has 0 nitrogen and oxygen atoms in total. The Morgan fingerprint density at radius 3 is 1.16 bits per heavy atom. The highest BCUT2D eigenvalue weighted by atomic mass is 29.2. The highest BCUT2D eigenvalue weighted by Gasteiger charge is 2.58. The zero-order chi connectivity index (χ0) is 24.8. The predicted molar refractivity (Wildman–Crippen MR) is 153 cm³/mol. The van der Waals surface area contributed by atoms with Crippen molar-refractivity contribution in [2.45, 2.75) is 155 Å². The third-order valence-corrected chi connectivity index (χ3v) is 35.6. The van der Waals surface area contributed by atoms with E-state index in [9.17, 15) is 0 Å². The fourth-order valence-electron chi connectivity index (χ4n) is 8.83. The van der Waals surface area contributed by atoms with Crippen molar-refractivity contribution in [3.63, 3.8) is 0 Å². The smallest absolute Gasteiger partial charge is 0.0491 e. The first-order valence-electron chi connectivity index (χ1n) is 13.7. The van der Waals surface area contributed by atoms with E-state index < -0.39 is 15.7 Å². The van der Waals surface area contributed by atoms with Gasteiger partial charge in [-0.05, 0) is 71.8 Å². The number of hydrogen-bond acceptors (Lipinski definition) is 0. The van der Waals surface area contributed by atoms with E-state index in [2.05, 4.69) is 101 Å². The van der Waals surface area contributed by atoms with E-state index >= 15 is 0 Å². The molecule has 0 spiro atoms. The molecule has 0 N–H and O–H groups in total. The summed E-state index contributed by atoms with van der Waals surface area (Å²) < 4.78 is 0. The summed E-state index contributed by atoms with van der Waals surface area (Å²) in [6.45, 7) is 37.0. The molecule has 0 aromatic rings. The summed E-state index contributed by atoms with van der Waals surface area (Å²) in [5, 5.41) is 1.68. The third-order valence-electron chi connectivity index (χ3n) is 11.4. The maximum Gasteiger partial charge on any atom is 0.0491 e. The van der Waals surface area contributed by atoms with Crippen molar-refractivity contribution in [3.05, 3.63) is 0 Å². The van der Waals surface area contributed by atoms with Crippen LogP contribution in [-0.2, 0) is 0 Å². The zero-order valence-electron chi connectivity index (χ0n) is 24.5. The van der Waals surface area contributed by atoms with Crippen molar-refractivity contribution >= 4 is 29.1 Å². The average molecular weight is 490 g/mol. The molecule has 0 aromatic carbocycles. The Kier molecular flexibility index (Phi) is 6.57. The van der Waals surface area contributed by atoms with Crippen LogP contribution in [0.5, 0.6) is 0 Å². The van der Waals surface area contributed by atoms with Crippen LogP contribution in [0.4, 0.5) is 0 Å². The average Bonchev–Trinajstić information content (AvgIpc) is 2.53. The minimum atomic E-state index is -1.77. The molecule has 3 heteroatoms. The van der Waals surface area contributed by atoms with E-state index in [1.54, 1.807) is 38.5 Å². The monoisotopic (exact) mass is 489 g/mol. The molecule has 0 atom stereocenters. The van der Waals surface area contributed by atoms with Gasteiger partial charge in [-0.1, -0.05) is 114 Å². The van der Waals surface area contributed by atoms with Crippen LogP contribution in [0.15, 0.2) is 0 Å². The van der Waals surface area contributed by atoms with Crippen LogP contribution in [0.2, 0.25) is 33.2 Å². The van der Waals surface area contributed by atoms with Crippen LogP contribution in [0.25, 0.3) is 0 Å². The Labute approximate surface area is 206 Å². The molecule has 4 fully saturated rings. The molecule has 4 rings (SSSR count). The lowest BCUT2D eigenvalue weighted by molar-refractivity contribution is -0.0103. The standard InChI is InChI=1S/C29H57Si3/c1-25(2,3)31(13,26(4,5)6)24(30-32(14,27(7,8)9)28(10,11)12)29-18-21-15-22(19-29)17-23(16-21)20-29/h21-23H,15-20H2,1-14H3/q-1.